The molecule has 2 rings (SSSR count). The molecule has 19 heavy (non-hydrogen) atoms. The average molecular weight is 306 g/mol. The number of hydrogen-bond acceptors (Lipinski definition) is 4. The SMILES string of the molecule is CCS[C@@H]1CC[C@H](N[C@@H]2CCCC[C@H]2S(C)(=O)=O)C1. The zero-order valence-electron chi connectivity index (χ0n) is 12.1. The molecule has 0 bridgehead atoms. The minimum atomic E-state index is -2.91. The summed E-state index contributed by atoms with van der Waals surface area (Å²) in [4.78, 5) is 0. The lowest BCUT2D eigenvalue weighted by Gasteiger charge is -2.33. The van der Waals surface area contributed by atoms with Gasteiger partial charge in [-0.05, 0) is 37.9 Å². The maximum atomic E-state index is 11.9. The molecule has 2 fully saturated rings. The summed E-state index contributed by atoms with van der Waals surface area (Å²) < 4.78 is 23.8. The van der Waals surface area contributed by atoms with Crippen molar-refractivity contribution in [3.63, 3.8) is 0 Å². The van der Waals surface area contributed by atoms with Crippen LogP contribution in [-0.4, -0.2) is 43.0 Å². The topological polar surface area (TPSA) is 46.2 Å². The van der Waals surface area contributed by atoms with E-state index < -0.39 is 9.84 Å². The van der Waals surface area contributed by atoms with E-state index in [4.69, 9.17) is 0 Å². The van der Waals surface area contributed by atoms with Gasteiger partial charge in [0.15, 0.2) is 9.84 Å². The first-order valence-corrected chi connectivity index (χ1v) is 10.6. The highest BCUT2D eigenvalue weighted by Crippen LogP contribution is 2.32. The zero-order valence-corrected chi connectivity index (χ0v) is 13.7. The largest absolute Gasteiger partial charge is 0.310 e. The van der Waals surface area contributed by atoms with E-state index in [9.17, 15) is 8.42 Å². The molecule has 0 heterocycles. The first-order chi connectivity index (χ1) is 9.00. The van der Waals surface area contributed by atoms with Crippen molar-refractivity contribution in [3.8, 4) is 0 Å². The molecule has 0 radical (unpaired) electrons. The highest BCUT2D eigenvalue weighted by molar-refractivity contribution is 7.99. The Labute approximate surface area is 122 Å². The van der Waals surface area contributed by atoms with Crippen LogP contribution >= 0.6 is 11.8 Å². The minimum Gasteiger partial charge on any atom is -0.310 e. The number of hydrogen-bond donors (Lipinski definition) is 1. The molecule has 3 nitrogen and oxygen atoms in total. The Morgan fingerprint density at radius 3 is 2.58 bits per heavy atom. The van der Waals surface area contributed by atoms with Crippen molar-refractivity contribution in [2.75, 3.05) is 12.0 Å². The van der Waals surface area contributed by atoms with E-state index in [0.717, 1.165) is 24.5 Å². The Morgan fingerprint density at radius 1 is 1.16 bits per heavy atom. The smallest absolute Gasteiger partial charge is 0.151 e. The van der Waals surface area contributed by atoms with Crippen LogP contribution in [-0.2, 0) is 9.84 Å². The fraction of sp³-hybridized carbons (Fsp3) is 1.00. The molecule has 2 saturated carbocycles. The summed E-state index contributed by atoms with van der Waals surface area (Å²) in [5, 5.41) is 4.30. The van der Waals surface area contributed by atoms with Crippen molar-refractivity contribution in [1.29, 1.82) is 0 Å². The molecule has 0 spiro atoms. The van der Waals surface area contributed by atoms with Crippen molar-refractivity contribution < 1.29 is 8.42 Å². The summed E-state index contributed by atoms with van der Waals surface area (Å²) in [5.41, 5.74) is 0. The van der Waals surface area contributed by atoms with Crippen molar-refractivity contribution in [2.45, 2.75) is 74.5 Å². The molecular formula is C14H27NO2S2. The normalized spacial score (nSPS) is 36.5. The van der Waals surface area contributed by atoms with Crippen molar-refractivity contribution >= 4 is 21.6 Å². The van der Waals surface area contributed by atoms with Gasteiger partial charge in [-0.1, -0.05) is 19.8 Å². The molecule has 2 aliphatic carbocycles. The monoisotopic (exact) mass is 305 g/mol. The summed E-state index contributed by atoms with van der Waals surface area (Å²) in [7, 11) is -2.91. The second kappa shape index (κ2) is 6.81. The maximum absolute atomic E-state index is 11.9. The van der Waals surface area contributed by atoms with E-state index in [1.165, 1.54) is 37.7 Å². The Bertz CT molecular complexity index is 383. The van der Waals surface area contributed by atoms with Crippen molar-refractivity contribution in [3.05, 3.63) is 0 Å². The summed E-state index contributed by atoms with van der Waals surface area (Å²) in [6.07, 6.45) is 9.22. The summed E-state index contributed by atoms with van der Waals surface area (Å²) >= 11 is 2.05. The predicted molar refractivity (Wildman–Crippen MR) is 83.6 cm³/mol. The standard InChI is InChI=1S/C14H27NO2S2/c1-3-18-12-9-8-11(10-12)15-13-6-4-5-7-14(13)19(2,16)17/h11-15H,3-10H2,1-2H3/t11-,12+,13+,14+/m0/s1. The Morgan fingerprint density at radius 2 is 1.89 bits per heavy atom. The quantitative estimate of drug-likeness (QED) is 0.848. The van der Waals surface area contributed by atoms with Gasteiger partial charge in [-0.2, -0.15) is 11.8 Å². The number of nitrogens with one attached hydrogen (secondary N) is 1. The van der Waals surface area contributed by atoms with Crippen LogP contribution in [0, 0.1) is 0 Å². The van der Waals surface area contributed by atoms with E-state index in [1.807, 2.05) is 0 Å². The molecule has 0 amide bonds. The maximum Gasteiger partial charge on any atom is 0.151 e. The Balaban J connectivity index is 1.90. The van der Waals surface area contributed by atoms with E-state index in [0.29, 0.717) is 6.04 Å². The molecular weight excluding hydrogens is 278 g/mol. The second-order valence-corrected chi connectivity index (χ2v) is 9.85. The molecule has 0 aromatic heterocycles. The molecule has 1 N–H and O–H groups in total. The van der Waals surface area contributed by atoms with E-state index >= 15 is 0 Å². The van der Waals surface area contributed by atoms with Gasteiger partial charge in [-0.15, -0.1) is 0 Å². The number of rotatable bonds is 5. The summed E-state index contributed by atoms with van der Waals surface area (Å²) in [6.45, 7) is 2.21. The van der Waals surface area contributed by atoms with Crippen LogP contribution < -0.4 is 5.32 Å². The summed E-state index contributed by atoms with van der Waals surface area (Å²) in [6, 6.07) is 0.732. The molecule has 0 unspecified atom stereocenters. The van der Waals surface area contributed by atoms with Gasteiger partial charge in [-0.25, -0.2) is 8.42 Å². The van der Waals surface area contributed by atoms with Gasteiger partial charge in [0.1, 0.15) is 0 Å². The van der Waals surface area contributed by atoms with Gasteiger partial charge in [0, 0.05) is 23.6 Å². The summed E-state index contributed by atoms with van der Waals surface area (Å²) in [5.74, 6) is 1.19. The molecule has 5 heteroatoms. The Kier molecular flexibility index (Phi) is 5.61. The van der Waals surface area contributed by atoms with Crippen LogP contribution in [0.1, 0.15) is 51.9 Å². The third-order valence-electron chi connectivity index (χ3n) is 4.49. The van der Waals surface area contributed by atoms with Gasteiger partial charge in [0.2, 0.25) is 0 Å². The van der Waals surface area contributed by atoms with Crippen LogP contribution in [0.15, 0.2) is 0 Å². The first kappa shape index (κ1) is 15.6. The van der Waals surface area contributed by atoms with Crippen LogP contribution in [0.5, 0.6) is 0 Å². The third-order valence-corrected chi connectivity index (χ3v) is 7.39. The Hall–Kier alpha value is 0.260. The molecule has 2 aliphatic rings. The van der Waals surface area contributed by atoms with Gasteiger partial charge >= 0.3 is 0 Å². The van der Waals surface area contributed by atoms with Crippen LogP contribution in [0.3, 0.4) is 0 Å². The highest BCUT2D eigenvalue weighted by Gasteiger charge is 2.35. The lowest BCUT2D eigenvalue weighted by atomic mass is 9.94. The van der Waals surface area contributed by atoms with Crippen molar-refractivity contribution in [1.82, 2.24) is 5.32 Å². The van der Waals surface area contributed by atoms with Crippen LogP contribution in [0.4, 0.5) is 0 Å². The highest BCUT2D eigenvalue weighted by atomic mass is 32.2. The second-order valence-electron chi connectivity index (χ2n) is 6.01. The molecule has 0 aromatic carbocycles. The van der Waals surface area contributed by atoms with Gasteiger partial charge in [0.05, 0.1) is 5.25 Å². The van der Waals surface area contributed by atoms with Gasteiger partial charge in [0.25, 0.3) is 0 Å². The first-order valence-electron chi connectivity index (χ1n) is 7.57. The van der Waals surface area contributed by atoms with Crippen LogP contribution in [0.25, 0.3) is 0 Å². The zero-order chi connectivity index (χ0) is 13.9. The minimum absolute atomic E-state index is 0.154. The fourth-order valence-electron chi connectivity index (χ4n) is 3.58. The third kappa shape index (κ3) is 4.36. The average Bonchev–Trinajstić information content (AvgIpc) is 2.76. The molecule has 0 aromatic rings. The number of sulfone groups is 1. The van der Waals surface area contributed by atoms with Gasteiger partial charge < -0.3 is 5.32 Å². The van der Waals surface area contributed by atoms with E-state index in [1.54, 1.807) is 0 Å². The predicted octanol–water partition coefficient (Wildman–Crippen LogP) is 2.61. The molecule has 0 aliphatic heterocycles. The van der Waals surface area contributed by atoms with Gasteiger partial charge in [-0.3, -0.25) is 0 Å². The molecule has 112 valence electrons. The lowest BCUT2D eigenvalue weighted by molar-refractivity contribution is 0.337. The van der Waals surface area contributed by atoms with Crippen LogP contribution in [0.2, 0.25) is 0 Å². The fourth-order valence-corrected chi connectivity index (χ4v) is 6.13. The van der Waals surface area contributed by atoms with Crippen molar-refractivity contribution in [2.24, 2.45) is 0 Å². The van der Waals surface area contributed by atoms with E-state index in [-0.39, 0.29) is 11.3 Å². The number of thioether (sulfide) groups is 1. The molecule has 4 atom stereocenters. The molecule has 0 saturated heterocycles. The lowest BCUT2D eigenvalue weighted by Crippen LogP contribution is -2.49. The van der Waals surface area contributed by atoms with E-state index in [2.05, 4.69) is 24.0 Å².